The van der Waals surface area contributed by atoms with Gasteiger partial charge in [0.25, 0.3) is 5.91 Å². The zero-order valence-corrected chi connectivity index (χ0v) is 17.0. The number of hydrogen-bond acceptors (Lipinski definition) is 5. The van der Waals surface area contributed by atoms with Crippen LogP contribution in [0.2, 0.25) is 0 Å². The number of quaternary nitrogens is 1. The summed E-state index contributed by atoms with van der Waals surface area (Å²) in [6.45, 7) is 6.72. The lowest BCUT2D eigenvalue weighted by Crippen LogP contribution is -3.19. The highest BCUT2D eigenvalue weighted by Gasteiger charge is 2.38. The largest absolute Gasteiger partial charge is 0.494 e. The third-order valence-electron chi connectivity index (χ3n) is 5.24. The molecule has 1 atom stereocenters. The summed E-state index contributed by atoms with van der Waals surface area (Å²) >= 11 is 0. The van der Waals surface area contributed by atoms with Crippen molar-refractivity contribution in [2.75, 3.05) is 45.9 Å². The molecule has 3 amide bonds. The van der Waals surface area contributed by atoms with Gasteiger partial charge in [0.1, 0.15) is 5.75 Å². The zero-order valence-electron chi connectivity index (χ0n) is 16.2. The first-order valence-corrected chi connectivity index (χ1v) is 11.0. The van der Waals surface area contributed by atoms with Gasteiger partial charge in [-0.25, -0.2) is 13.2 Å². The van der Waals surface area contributed by atoms with E-state index in [2.05, 4.69) is 5.32 Å². The Morgan fingerprint density at radius 3 is 2.39 bits per heavy atom. The molecule has 0 saturated carbocycles. The summed E-state index contributed by atoms with van der Waals surface area (Å²) in [4.78, 5) is 26.7. The van der Waals surface area contributed by atoms with Crippen LogP contribution in [0.1, 0.15) is 13.8 Å². The molecule has 9 nitrogen and oxygen atoms in total. The molecule has 0 aromatic heterocycles. The van der Waals surface area contributed by atoms with Crippen LogP contribution in [0.3, 0.4) is 0 Å². The van der Waals surface area contributed by atoms with Crippen LogP contribution in [0.5, 0.6) is 5.75 Å². The summed E-state index contributed by atoms with van der Waals surface area (Å²) in [7, 11) is -3.58. The van der Waals surface area contributed by atoms with Gasteiger partial charge in [-0.1, -0.05) is 0 Å². The molecule has 154 valence electrons. The third kappa shape index (κ3) is 4.13. The number of piperazine rings is 1. The fraction of sp³-hybridized carbons (Fsp3) is 0.556. The number of sulfonamides is 1. The van der Waals surface area contributed by atoms with E-state index in [0.29, 0.717) is 51.6 Å². The minimum Gasteiger partial charge on any atom is -0.494 e. The monoisotopic (exact) mass is 411 g/mol. The van der Waals surface area contributed by atoms with E-state index in [1.165, 1.54) is 9.21 Å². The minimum absolute atomic E-state index is 0.215. The van der Waals surface area contributed by atoms with E-state index in [4.69, 9.17) is 4.74 Å². The molecular formula is C18H27N4O5S+. The normalized spacial score (nSPS) is 20.1. The summed E-state index contributed by atoms with van der Waals surface area (Å²) in [5.41, 5.74) is 0. The van der Waals surface area contributed by atoms with Gasteiger partial charge in [-0.05, 0) is 38.1 Å². The quantitative estimate of drug-likeness (QED) is 0.620. The van der Waals surface area contributed by atoms with Crippen LogP contribution in [0.15, 0.2) is 29.2 Å². The third-order valence-corrected chi connectivity index (χ3v) is 7.16. The number of urea groups is 1. The molecule has 0 bridgehead atoms. The second-order valence-electron chi connectivity index (χ2n) is 6.91. The molecule has 1 aromatic carbocycles. The molecule has 1 aromatic rings. The standard InChI is InChI=1S/C18H26N4O5S/c1-3-27-15-4-6-16(7-5-15)28(25,26)21-12-10-20(11-13-21)14(2)17(23)22-9-8-19-18(22)24/h4-7,14H,3,8-13H2,1-2H3,(H,19,24)/p+1/t14-/m1/s1. The lowest BCUT2D eigenvalue weighted by molar-refractivity contribution is -0.917. The van der Waals surface area contributed by atoms with E-state index < -0.39 is 10.0 Å². The first kappa shape index (κ1) is 20.6. The summed E-state index contributed by atoms with van der Waals surface area (Å²) in [5, 5.41) is 2.63. The smallest absolute Gasteiger partial charge is 0.324 e. The Labute approximate surface area is 165 Å². The Balaban J connectivity index is 1.60. The fourth-order valence-corrected chi connectivity index (χ4v) is 5.00. The van der Waals surface area contributed by atoms with Gasteiger partial charge in [0, 0.05) is 13.1 Å². The summed E-state index contributed by atoms with van der Waals surface area (Å²) in [5.74, 6) is 0.418. The molecule has 0 unspecified atom stereocenters. The number of hydrogen-bond donors (Lipinski definition) is 2. The molecule has 2 N–H and O–H groups in total. The lowest BCUT2D eigenvalue weighted by Gasteiger charge is -2.34. The van der Waals surface area contributed by atoms with Crippen LogP contribution >= 0.6 is 0 Å². The average molecular weight is 412 g/mol. The van der Waals surface area contributed by atoms with Gasteiger partial charge in [0.15, 0.2) is 6.04 Å². The van der Waals surface area contributed by atoms with Crippen molar-refractivity contribution in [1.29, 1.82) is 0 Å². The van der Waals surface area contributed by atoms with E-state index in [0.717, 1.165) is 4.90 Å². The highest BCUT2D eigenvalue weighted by molar-refractivity contribution is 7.89. The number of rotatable bonds is 6. The van der Waals surface area contributed by atoms with E-state index in [1.807, 2.05) is 6.92 Å². The Bertz CT molecular complexity index is 819. The Morgan fingerprint density at radius 2 is 1.86 bits per heavy atom. The molecular weight excluding hydrogens is 384 g/mol. The van der Waals surface area contributed by atoms with Crippen molar-refractivity contribution in [3.05, 3.63) is 24.3 Å². The van der Waals surface area contributed by atoms with Gasteiger partial charge in [0.2, 0.25) is 10.0 Å². The van der Waals surface area contributed by atoms with Crippen molar-refractivity contribution in [3.8, 4) is 5.75 Å². The number of carbonyl (C=O) groups is 2. The molecule has 10 heteroatoms. The number of carbonyl (C=O) groups excluding carboxylic acids is 2. The van der Waals surface area contributed by atoms with E-state index in [-0.39, 0.29) is 22.9 Å². The number of amides is 3. The number of ether oxygens (including phenoxy) is 1. The lowest BCUT2D eigenvalue weighted by atomic mass is 10.2. The van der Waals surface area contributed by atoms with Gasteiger partial charge in [-0.15, -0.1) is 0 Å². The van der Waals surface area contributed by atoms with Crippen LogP contribution in [-0.4, -0.2) is 81.5 Å². The highest BCUT2D eigenvalue weighted by Crippen LogP contribution is 2.19. The Morgan fingerprint density at radius 1 is 1.21 bits per heavy atom. The number of nitrogens with one attached hydrogen (secondary N) is 2. The zero-order chi connectivity index (χ0) is 20.3. The van der Waals surface area contributed by atoms with Crippen molar-refractivity contribution in [2.24, 2.45) is 0 Å². The number of imide groups is 1. The molecule has 3 rings (SSSR count). The summed E-state index contributed by atoms with van der Waals surface area (Å²) in [6.07, 6.45) is 0. The van der Waals surface area contributed by atoms with Gasteiger partial charge in [-0.2, -0.15) is 4.31 Å². The van der Waals surface area contributed by atoms with Crippen LogP contribution in [0.4, 0.5) is 4.79 Å². The second kappa shape index (κ2) is 8.46. The van der Waals surface area contributed by atoms with Gasteiger partial charge in [-0.3, -0.25) is 9.69 Å². The second-order valence-corrected chi connectivity index (χ2v) is 8.85. The van der Waals surface area contributed by atoms with Crippen LogP contribution in [0, 0.1) is 0 Å². The molecule has 2 heterocycles. The SMILES string of the molecule is CCOc1ccc(S(=O)(=O)N2CC[NH+]([C@H](C)C(=O)N3CCNC3=O)CC2)cc1. The molecule has 0 aliphatic carbocycles. The van der Waals surface area contributed by atoms with E-state index in [1.54, 1.807) is 31.2 Å². The maximum Gasteiger partial charge on any atom is 0.324 e. The van der Waals surface area contributed by atoms with Gasteiger partial charge < -0.3 is 15.0 Å². The number of nitrogens with zero attached hydrogens (tertiary/aromatic N) is 2. The van der Waals surface area contributed by atoms with Gasteiger partial charge in [0.05, 0.1) is 37.7 Å². The molecule has 2 aliphatic rings. The predicted octanol–water partition coefficient (Wildman–Crippen LogP) is -1.09. The molecule has 28 heavy (non-hydrogen) atoms. The molecule has 2 saturated heterocycles. The number of benzene rings is 1. The van der Waals surface area contributed by atoms with Crippen LogP contribution in [-0.2, 0) is 14.8 Å². The predicted molar refractivity (Wildman–Crippen MR) is 102 cm³/mol. The van der Waals surface area contributed by atoms with E-state index in [9.17, 15) is 18.0 Å². The molecule has 2 fully saturated rings. The summed E-state index contributed by atoms with van der Waals surface area (Å²) < 4.78 is 32.5. The first-order chi connectivity index (χ1) is 13.3. The Hall–Kier alpha value is -2.17. The van der Waals surface area contributed by atoms with Crippen molar-refractivity contribution in [3.63, 3.8) is 0 Å². The minimum atomic E-state index is -3.58. The van der Waals surface area contributed by atoms with Crippen LogP contribution in [0.25, 0.3) is 0 Å². The van der Waals surface area contributed by atoms with Crippen molar-refractivity contribution in [1.82, 2.24) is 14.5 Å². The molecule has 0 spiro atoms. The highest BCUT2D eigenvalue weighted by atomic mass is 32.2. The van der Waals surface area contributed by atoms with Crippen molar-refractivity contribution in [2.45, 2.75) is 24.8 Å². The first-order valence-electron chi connectivity index (χ1n) is 9.51. The van der Waals surface area contributed by atoms with Gasteiger partial charge >= 0.3 is 6.03 Å². The van der Waals surface area contributed by atoms with Crippen LogP contribution < -0.4 is 15.0 Å². The maximum atomic E-state index is 12.9. The van der Waals surface area contributed by atoms with Crippen molar-refractivity contribution < 1.29 is 27.6 Å². The maximum absolute atomic E-state index is 12.9. The topological polar surface area (TPSA) is 100 Å². The Kier molecular flexibility index (Phi) is 6.21. The van der Waals surface area contributed by atoms with E-state index >= 15 is 0 Å². The molecule has 0 radical (unpaired) electrons. The summed E-state index contributed by atoms with van der Waals surface area (Å²) in [6, 6.07) is 5.67. The average Bonchev–Trinajstić information content (AvgIpc) is 3.13. The molecule has 2 aliphatic heterocycles. The fourth-order valence-electron chi connectivity index (χ4n) is 3.56. The van der Waals surface area contributed by atoms with Crippen molar-refractivity contribution >= 4 is 22.0 Å².